The van der Waals surface area contributed by atoms with E-state index in [0.29, 0.717) is 0 Å². The highest BCUT2D eigenvalue weighted by molar-refractivity contribution is 5.48. The molecule has 2 N–H and O–H groups in total. The number of nitrogens with zero attached hydrogens (tertiary/aromatic N) is 1. The van der Waals surface area contributed by atoms with Crippen molar-refractivity contribution in [2.75, 3.05) is 25.9 Å². The SMILES string of the molecule is Cc1ccc(N)c(CC2CCCN(C)C2)c1. The Morgan fingerprint density at radius 3 is 3.00 bits per heavy atom. The first kappa shape index (κ1) is 11.5. The van der Waals surface area contributed by atoms with Crippen molar-refractivity contribution < 1.29 is 0 Å². The third-order valence-corrected chi connectivity index (χ3v) is 3.53. The van der Waals surface area contributed by atoms with Crippen LogP contribution in [0.15, 0.2) is 18.2 Å². The molecule has 1 atom stereocenters. The maximum absolute atomic E-state index is 6.03. The van der Waals surface area contributed by atoms with E-state index in [0.717, 1.165) is 18.0 Å². The monoisotopic (exact) mass is 218 g/mol. The van der Waals surface area contributed by atoms with Crippen molar-refractivity contribution >= 4 is 5.69 Å². The molecule has 0 amide bonds. The number of benzene rings is 1. The van der Waals surface area contributed by atoms with Crippen LogP contribution >= 0.6 is 0 Å². The Labute approximate surface area is 98.4 Å². The molecule has 16 heavy (non-hydrogen) atoms. The van der Waals surface area contributed by atoms with Gasteiger partial charge in [0.25, 0.3) is 0 Å². The van der Waals surface area contributed by atoms with E-state index in [1.54, 1.807) is 0 Å². The molecular formula is C14H22N2. The quantitative estimate of drug-likeness (QED) is 0.773. The van der Waals surface area contributed by atoms with Gasteiger partial charge in [0.2, 0.25) is 0 Å². The molecular weight excluding hydrogens is 196 g/mol. The molecule has 0 spiro atoms. The number of piperidine rings is 1. The molecule has 2 nitrogen and oxygen atoms in total. The van der Waals surface area contributed by atoms with Gasteiger partial charge in [0.15, 0.2) is 0 Å². The van der Waals surface area contributed by atoms with Crippen molar-refractivity contribution in [2.24, 2.45) is 5.92 Å². The number of hydrogen-bond acceptors (Lipinski definition) is 2. The summed E-state index contributed by atoms with van der Waals surface area (Å²) in [6.45, 7) is 4.60. The average molecular weight is 218 g/mol. The minimum absolute atomic E-state index is 0.780. The Kier molecular flexibility index (Phi) is 3.49. The zero-order chi connectivity index (χ0) is 11.5. The van der Waals surface area contributed by atoms with Crippen LogP contribution in [0.2, 0.25) is 0 Å². The minimum atomic E-state index is 0.780. The van der Waals surface area contributed by atoms with Crippen molar-refractivity contribution in [2.45, 2.75) is 26.2 Å². The van der Waals surface area contributed by atoms with Crippen LogP contribution in [0.4, 0.5) is 5.69 Å². The molecule has 1 fully saturated rings. The second-order valence-corrected chi connectivity index (χ2v) is 5.18. The third-order valence-electron chi connectivity index (χ3n) is 3.53. The molecule has 0 saturated carbocycles. The Bertz CT molecular complexity index is 360. The van der Waals surface area contributed by atoms with Gasteiger partial charge in [-0.05, 0) is 57.3 Å². The third kappa shape index (κ3) is 2.76. The van der Waals surface area contributed by atoms with E-state index in [4.69, 9.17) is 5.73 Å². The Morgan fingerprint density at radius 2 is 2.25 bits per heavy atom. The Balaban J connectivity index is 2.05. The van der Waals surface area contributed by atoms with E-state index in [-0.39, 0.29) is 0 Å². The molecule has 0 bridgehead atoms. The lowest BCUT2D eigenvalue weighted by Gasteiger charge is -2.30. The topological polar surface area (TPSA) is 29.3 Å². The van der Waals surface area contributed by atoms with E-state index >= 15 is 0 Å². The van der Waals surface area contributed by atoms with E-state index in [1.807, 2.05) is 6.07 Å². The second kappa shape index (κ2) is 4.88. The van der Waals surface area contributed by atoms with Crippen molar-refractivity contribution in [3.8, 4) is 0 Å². The van der Waals surface area contributed by atoms with Gasteiger partial charge in [-0.2, -0.15) is 0 Å². The number of hydrogen-bond donors (Lipinski definition) is 1. The summed E-state index contributed by atoms with van der Waals surface area (Å²) in [5, 5.41) is 0. The zero-order valence-corrected chi connectivity index (χ0v) is 10.4. The first-order valence-corrected chi connectivity index (χ1v) is 6.18. The van der Waals surface area contributed by atoms with Gasteiger partial charge in [-0.25, -0.2) is 0 Å². The molecule has 1 aromatic rings. The van der Waals surface area contributed by atoms with Crippen LogP contribution in [0, 0.1) is 12.8 Å². The zero-order valence-electron chi connectivity index (χ0n) is 10.4. The van der Waals surface area contributed by atoms with Crippen molar-refractivity contribution in [3.05, 3.63) is 29.3 Å². The molecule has 0 aromatic heterocycles. The van der Waals surface area contributed by atoms with Gasteiger partial charge in [-0.1, -0.05) is 17.7 Å². The van der Waals surface area contributed by atoms with Gasteiger partial charge in [0.05, 0.1) is 0 Å². The van der Waals surface area contributed by atoms with E-state index in [1.165, 1.54) is 37.1 Å². The fourth-order valence-electron chi connectivity index (χ4n) is 2.66. The maximum atomic E-state index is 6.03. The fourth-order valence-corrected chi connectivity index (χ4v) is 2.66. The molecule has 88 valence electrons. The van der Waals surface area contributed by atoms with Crippen LogP contribution in [0.1, 0.15) is 24.0 Å². The van der Waals surface area contributed by atoms with Crippen molar-refractivity contribution in [1.29, 1.82) is 0 Å². The smallest absolute Gasteiger partial charge is 0.0346 e. The van der Waals surface area contributed by atoms with E-state index in [2.05, 4.69) is 31.0 Å². The average Bonchev–Trinajstić information content (AvgIpc) is 2.24. The van der Waals surface area contributed by atoms with Gasteiger partial charge in [0, 0.05) is 12.2 Å². The number of aryl methyl sites for hydroxylation is 1. The highest BCUT2D eigenvalue weighted by atomic mass is 15.1. The molecule has 1 heterocycles. The van der Waals surface area contributed by atoms with Gasteiger partial charge < -0.3 is 10.6 Å². The van der Waals surface area contributed by atoms with Crippen LogP contribution in [0.5, 0.6) is 0 Å². The minimum Gasteiger partial charge on any atom is -0.399 e. The molecule has 1 aliphatic rings. The summed E-state index contributed by atoms with van der Waals surface area (Å²) < 4.78 is 0. The maximum Gasteiger partial charge on any atom is 0.0346 e. The summed E-state index contributed by atoms with van der Waals surface area (Å²) in [7, 11) is 2.21. The first-order valence-electron chi connectivity index (χ1n) is 6.18. The molecule has 0 aliphatic carbocycles. The van der Waals surface area contributed by atoms with Crippen molar-refractivity contribution in [3.63, 3.8) is 0 Å². The molecule has 0 radical (unpaired) electrons. The fraction of sp³-hybridized carbons (Fsp3) is 0.571. The predicted octanol–water partition coefficient (Wildman–Crippen LogP) is 2.46. The highest BCUT2D eigenvalue weighted by Crippen LogP contribution is 2.23. The van der Waals surface area contributed by atoms with E-state index < -0.39 is 0 Å². The van der Waals surface area contributed by atoms with Gasteiger partial charge in [-0.3, -0.25) is 0 Å². The Hall–Kier alpha value is -1.02. The summed E-state index contributed by atoms with van der Waals surface area (Å²) in [4.78, 5) is 2.43. The molecule has 1 aromatic carbocycles. The lowest BCUT2D eigenvalue weighted by atomic mass is 9.90. The number of likely N-dealkylation sites (tertiary alicyclic amines) is 1. The molecule has 2 rings (SSSR count). The number of nitrogen functional groups attached to an aromatic ring is 1. The summed E-state index contributed by atoms with van der Waals surface area (Å²) in [5.41, 5.74) is 9.63. The molecule has 2 heteroatoms. The van der Waals surface area contributed by atoms with Crippen LogP contribution < -0.4 is 5.73 Å². The van der Waals surface area contributed by atoms with Crippen LogP contribution in [0.25, 0.3) is 0 Å². The summed E-state index contributed by atoms with van der Waals surface area (Å²) in [5.74, 6) is 0.780. The van der Waals surface area contributed by atoms with Gasteiger partial charge in [0.1, 0.15) is 0 Å². The van der Waals surface area contributed by atoms with Gasteiger partial charge in [-0.15, -0.1) is 0 Å². The largest absolute Gasteiger partial charge is 0.399 e. The number of nitrogens with two attached hydrogens (primary N) is 1. The van der Waals surface area contributed by atoms with Crippen LogP contribution in [0.3, 0.4) is 0 Å². The standard InChI is InChI=1S/C14H22N2/c1-11-5-6-14(15)13(8-11)9-12-4-3-7-16(2)10-12/h5-6,8,12H,3-4,7,9-10,15H2,1-2H3. The summed E-state index contributed by atoms with van der Waals surface area (Å²) in [6.07, 6.45) is 3.81. The molecule has 1 unspecified atom stereocenters. The highest BCUT2D eigenvalue weighted by Gasteiger charge is 2.18. The second-order valence-electron chi connectivity index (χ2n) is 5.18. The lowest BCUT2D eigenvalue weighted by molar-refractivity contribution is 0.209. The Morgan fingerprint density at radius 1 is 1.44 bits per heavy atom. The van der Waals surface area contributed by atoms with Gasteiger partial charge >= 0.3 is 0 Å². The number of rotatable bonds is 2. The molecule has 1 aliphatic heterocycles. The summed E-state index contributed by atoms with van der Waals surface area (Å²) in [6, 6.07) is 6.37. The predicted molar refractivity (Wildman–Crippen MR) is 69.5 cm³/mol. The number of anilines is 1. The first-order chi connectivity index (χ1) is 7.65. The lowest BCUT2D eigenvalue weighted by Crippen LogP contribution is -2.33. The van der Waals surface area contributed by atoms with Crippen LogP contribution in [-0.4, -0.2) is 25.0 Å². The van der Waals surface area contributed by atoms with Crippen molar-refractivity contribution in [1.82, 2.24) is 4.90 Å². The van der Waals surface area contributed by atoms with Crippen LogP contribution in [-0.2, 0) is 6.42 Å². The van der Waals surface area contributed by atoms with E-state index in [9.17, 15) is 0 Å². The summed E-state index contributed by atoms with van der Waals surface area (Å²) >= 11 is 0. The molecule has 1 saturated heterocycles. The normalized spacial score (nSPS) is 22.2.